The number of hydrogen-bond donors (Lipinski definition) is 1. The summed E-state index contributed by atoms with van der Waals surface area (Å²) in [5, 5.41) is 2.38. The van der Waals surface area contributed by atoms with Gasteiger partial charge in [0.1, 0.15) is 29.7 Å². The third kappa shape index (κ3) is 5.11. The second-order valence-electron chi connectivity index (χ2n) is 6.77. The highest BCUT2D eigenvalue weighted by molar-refractivity contribution is 8.18. The molecule has 11 heteroatoms. The number of anilines is 1. The summed E-state index contributed by atoms with van der Waals surface area (Å²) in [7, 11) is 0. The number of carbonyl (C=O) groups is 3. The first-order valence-corrected chi connectivity index (χ1v) is 10.8. The first kappa shape index (κ1) is 23.0. The van der Waals surface area contributed by atoms with Gasteiger partial charge in [0, 0.05) is 22.7 Å². The number of thioether (sulfide) groups is 1. The largest absolute Gasteiger partial charge is 0.457 e. The fraction of sp³-hybridized carbons (Fsp3) is 0.0455. The number of nitrogens with one attached hydrogen (secondary N) is 1. The fourth-order valence-electron chi connectivity index (χ4n) is 2.95. The summed E-state index contributed by atoms with van der Waals surface area (Å²) in [5.74, 6) is -2.58. The average molecular weight is 509 g/mol. The van der Waals surface area contributed by atoms with Crippen LogP contribution in [0.25, 0.3) is 17.4 Å². The average Bonchev–Trinajstić information content (AvgIpc) is 3.30. The Hall–Kier alpha value is -3.14. The molecule has 6 nitrogen and oxygen atoms in total. The van der Waals surface area contributed by atoms with E-state index in [1.54, 1.807) is 30.3 Å². The third-order valence-electron chi connectivity index (χ3n) is 4.48. The molecule has 1 aliphatic heterocycles. The summed E-state index contributed by atoms with van der Waals surface area (Å²) in [6, 6.07) is 10.8. The van der Waals surface area contributed by atoms with Gasteiger partial charge in [-0.25, -0.2) is 8.78 Å². The zero-order chi connectivity index (χ0) is 23.7. The molecule has 2 heterocycles. The second-order valence-corrected chi connectivity index (χ2v) is 8.60. The van der Waals surface area contributed by atoms with E-state index in [4.69, 9.17) is 27.6 Å². The van der Waals surface area contributed by atoms with Crippen molar-refractivity contribution < 1.29 is 27.6 Å². The van der Waals surface area contributed by atoms with E-state index in [2.05, 4.69) is 5.32 Å². The van der Waals surface area contributed by atoms with Crippen molar-refractivity contribution in [3.8, 4) is 11.3 Å². The molecule has 3 amide bonds. The third-order valence-corrected chi connectivity index (χ3v) is 5.93. The maximum atomic E-state index is 13.7. The van der Waals surface area contributed by atoms with E-state index < -0.39 is 35.2 Å². The highest BCUT2D eigenvalue weighted by Gasteiger charge is 2.36. The van der Waals surface area contributed by atoms with Crippen molar-refractivity contribution in [1.82, 2.24) is 4.90 Å². The number of benzene rings is 2. The summed E-state index contributed by atoms with van der Waals surface area (Å²) in [5.41, 5.74) is 0.325. The standard InChI is InChI=1S/C22H12Cl2F2N2O4S/c23-11-1-4-14(15(24)7-11)18-6-3-13(32-18)9-19-21(30)28(22(31)33-19)10-20(29)27-17-5-2-12(25)8-16(17)26/h1-9H,10H2,(H,27,29)/b19-9+. The molecule has 168 valence electrons. The minimum Gasteiger partial charge on any atom is -0.457 e. The van der Waals surface area contributed by atoms with Crippen LogP contribution in [0.1, 0.15) is 5.76 Å². The molecule has 3 aromatic rings. The Morgan fingerprint density at radius 2 is 1.88 bits per heavy atom. The molecule has 1 N–H and O–H groups in total. The van der Waals surface area contributed by atoms with Crippen molar-refractivity contribution in [3.05, 3.63) is 80.9 Å². The Balaban J connectivity index is 1.47. The van der Waals surface area contributed by atoms with Gasteiger partial charge in [0.15, 0.2) is 0 Å². The topological polar surface area (TPSA) is 79.6 Å². The lowest BCUT2D eigenvalue weighted by atomic mass is 10.2. The Kier molecular flexibility index (Phi) is 6.55. The monoisotopic (exact) mass is 508 g/mol. The molecule has 0 bridgehead atoms. The Morgan fingerprint density at radius 1 is 1.09 bits per heavy atom. The van der Waals surface area contributed by atoms with E-state index in [9.17, 15) is 23.2 Å². The van der Waals surface area contributed by atoms with Gasteiger partial charge in [0.25, 0.3) is 11.1 Å². The molecular weight excluding hydrogens is 497 g/mol. The zero-order valence-electron chi connectivity index (χ0n) is 16.4. The molecule has 0 radical (unpaired) electrons. The van der Waals surface area contributed by atoms with Crippen molar-refractivity contribution in [2.75, 3.05) is 11.9 Å². The van der Waals surface area contributed by atoms with Gasteiger partial charge in [-0.05, 0) is 54.2 Å². The van der Waals surface area contributed by atoms with Gasteiger partial charge in [-0.2, -0.15) is 0 Å². The zero-order valence-corrected chi connectivity index (χ0v) is 18.7. The van der Waals surface area contributed by atoms with Crippen LogP contribution in [0.5, 0.6) is 0 Å². The van der Waals surface area contributed by atoms with Crippen LogP contribution >= 0.6 is 35.0 Å². The van der Waals surface area contributed by atoms with Crippen LogP contribution in [0.15, 0.2) is 57.9 Å². The Morgan fingerprint density at radius 3 is 2.61 bits per heavy atom. The Labute approximate surface area is 200 Å². The van der Waals surface area contributed by atoms with E-state index in [0.29, 0.717) is 49.9 Å². The quantitative estimate of drug-likeness (QED) is 0.414. The number of halogens is 4. The van der Waals surface area contributed by atoms with Gasteiger partial charge in [-0.1, -0.05) is 23.2 Å². The first-order chi connectivity index (χ1) is 15.7. The maximum Gasteiger partial charge on any atom is 0.294 e. The minimum atomic E-state index is -0.980. The van der Waals surface area contributed by atoms with Crippen molar-refractivity contribution in [2.24, 2.45) is 0 Å². The molecule has 2 aromatic carbocycles. The molecule has 1 saturated heterocycles. The number of rotatable bonds is 5. The van der Waals surface area contributed by atoms with Gasteiger partial charge in [0.2, 0.25) is 5.91 Å². The lowest BCUT2D eigenvalue weighted by molar-refractivity contribution is -0.127. The van der Waals surface area contributed by atoms with Crippen LogP contribution in [0.2, 0.25) is 10.0 Å². The Bertz CT molecular complexity index is 1330. The van der Waals surface area contributed by atoms with E-state index >= 15 is 0 Å². The summed E-state index contributed by atoms with van der Waals surface area (Å²) >= 11 is 12.7. The summed E-state index contributed by atoms with van der Waals surface area (Å²) in [6.45, 7) is -0.636. The highest BCUT2D eigenvalue weighted by Crippen LogP contribution is 2.35. The van der Waals surface area contributed by atoms with Crippen LogP contribution in [0.4, 0.5) is 19.3 Å². The SMILES string of the molecule is O=C(CN1C(=O)S/C(=C/c2ccc(-c3ccc(Cl)cc3Cl)o2)C1=O)Nc1ccc(F)cc1F. The molecule has 33 heavy (non-hydrogen) atoms. The number of amides is 3. The molecule has 0 spiro atoms. The molecule has 1 aromatic heterocycles. The normalized spacial score (nSPS) is 14.9. The van der Waals surface area contributed by atoms with Crippen LogP contribution in [-0.4, -0.2) is 28.5 Å². The van der Waals surface area contributed by atoms with Gasteiger partial charge < -0.3 is 9.73 Å². The minimum absolute atomic E-state index is 0.0452. The number of nitrogens with zero attached hydrogens (tertiary/aromatic N) is 1. The van der Waals surface area contributed by atoms with Crippen LogP contribution in [0.3, 0.4) is 0 Å². The lowest BCUT2D eigenvalue weighted by Gasteiger charge is -2.12. The van der Waals surface area contributed by atoms with Crippen molar-refractivity contribution >= 4 is 63.8 Å². The molecule has 4 rings (SSSR count). The lowest BCUT2D eigenvalue weighted by Crippen LogP contribution is -2.36. The molecule has 1 aliphatic rings. The summed E-state index contributed by atoms with van der Waals surface area (Å²) < 4.78 is 32.4. The maximum absolute atomic E-state index is 13.7. The molecule has 0 saturated carbocycles. The van der Waals surface area contributed by atoms with Crippen molar-refractivity contribution in [1.29, 1.82) is 0 Å². The number of carbonyl (C=O) groups excluding carboxylic acids is 3. The number of imide groups is 1. The van der Waals surface area contributed by atoms with Gasteiger partial charge >= 0.3 is 0 Å². The predicted molar refractivity (Wildman–Crippen MR) is 122 cm³/mol. The van der Waals surface area contributed by atoms with Gasteiger partial charge in [-0.3, -0.25) is 19.3 Å². The van der Waals surface area contributed by atoms with E-state index in [0.717, 1.165) is 12.1 Å². The molecule has 0 unspecified atom stereocenters. The second kappa shape index (κ2) is 9.38. The van der Waals surface area contributed by atoms with Crippen LogP contribution < -0.4 is 5.32 Å². The predicted octanol–water partition coefficient (Wildman–Crippen LogP) is 6.21. The summed E-state index contributed by atoms with van der Waals surface area (Å²) in [6.07, 6.45) is 1.37. The van der Waals surface area contributed by atoms with Gasteiger partial charge in [-0.15, -0.1) is 0 Å². The fourth-order valence-corrected chi connectivity index (χ4v) is 4.27. The summed E-state index contributed by atoms with van der Waals surface area (Å²) in [4.78, 5) is 37.8. The first-order valence-electron chi connectivity index (χ1n) is 9.27. The van der Waals surface area contributed by atoms with Crippen LogP contribution in [0, 0.1) is 11.6 Å². The van der Waals surface area contributed by atoms with E-state index in [-0.39, 0.29) is 10.6 Å². The molecule has 0 aliphatic carbocycles. The van der Waals surface area contributed by atoms with E-state index in [1.165, 1.54) is 6.08 Å². The van der Waals surface area contributed by atoms with Crippen molar-refractivity contribution in [3.63, 3.8) is 0 Å². The van der Waals surface area contributed by atoms with Crippen molar-refractivity contribution in [2.45, 2.75) is 0 Å². The number of furan rings is 1. The smallest absolute Gasteiger partial charge is 0.294 e. The molecule has 1 fully saturated rings. The molecular formula is C22H12Cl2F2N2O4S. The number of hydrogen-bond acceptors (Lipinski definition) is 5. The van der Waals surface area contributed by atoms with E-state index in [1.807, 2.05) is 0 Å². The van der Waals surface area contributed by atoms with Crippen LogP contribution in [-0.2, 0) is 9.59 Å². The molecule has 0 atom stereocenters. The van der Waals surface area contributed by atoms with Gasteiger partial charge in [0.05, 0.1) is 15.6 Å². The highest BCUT2D eigenvalue weighted by atomic mass is 35.5.